The normalized spacial score (nSPS) is 15.6. The molecule has 0 amide bonds. The van der Waals surface area contributed by atoms with Crippen LogP contribution < -0.4 is 9.47 Å². The predicted octanol–water partition coefficient (Wildman–Crippen LogP) is 5.97. The number of halogens is 3. The van der Waals surface area contributed by atoms with E-state index in [9.17, 15) is 13.2 Å². The Kier molecular flexibility index (Phi) is 5.42. The highest BCUT2D eigenvalue weighted by Gasteiger charge is 2.43. The van der Waals surface area contributed by atoms with Crippen LogP contribution in [-0.4, -0.2) is 19.5 Å². The minimum atomic E-state index is -4.32. The molecule has 0 N–H and O–H groups in total. The highest BCUT2D eigenvalue weighted by atomic mass is 32.2. The number of aryl methyl sites for hydroxylation is 1. The van der Waals surface area contributed by atoms with Crippen LogP contribution in [-0.2, 0) is 6.18 Å². The van der Waals surface area contributed by atoms with Gasteiger partial charge in [0.05, 0.1) is 19.3 Å². The summed E-state index contributed by atoms with van der Waals surface area (Å²) in [6.45, 7) is 2.55. The van der Waals surface area contributed by atoms with E-state index in [0.717, 1.165) is 42.0 Å². The molecule has 0 radical (unpaired) electrons. The Morgan fingerprint density at radius 1 is 1.08 bits per heavy atom. The van der Waals surface area contributed by atoms with Gasteiger partial charge in [0, 0.05) is 16.1 Å². The average Bonchev–Trinajstić information content (AvgIpc) is 3.38. The van der Waals surface area contributed by atoms with Crippen LogP contribution in [0.25, 0.3) is 0 Å². The van der Waals surface area contributed by atoms with Crippen LogP contribution in [0.1, 0.15) is 24.0 Å². The summed E-state index contributed by atoms with van der Waals surface area (Å²) in [5.41, 5.74) is 0.557. The van der Waals surface area contributed by atoms with E-state index in [-0.39, 0.29) is 5.41 Å². The van der Waals surface area contributed by atoms with Crippen LogP contribution in [0.15, 0.2) is 47.4 Å². The van der Waals surface area contributed by atoms with E-state index >= 15 is 0 Å². The molecule has 0 aromatic heterocycles. The molecule has 0 saturated heterocycles. The van der Waals surface area contributed by atoms with Gasteiger partial charge in [0.15, 0.2) is 0 Å². The molecule has 140 valence electrons. The molecule has 6 heteroatoms. The van der Waals surface area contributed by atoms with E-state index in [0.29, 0.717) is 12.4 Å². The van der Waals surface area contributed by atoms with Crippen molar-refractivity contribution in [1.29, 1.82) is 0 Å². The first-order valence-electron chi connectivity index (χ1n) is 8.39. The van der Waals surface area contributed by atoms with Gasteiger partial charge in [-0.3, -0.25) is 0 Å². The summed E-state index contributed by atoms with van der Waals surface area (Å²) in [6, 6.07) is 11.0. The summed E-state index contributed by atoms with van der Waals surface area (Å²) in [4.78, 5) is 1.18. The second-order valence-corrected chi connectivity index (χ2v) is 7.78. The van der Waals surface area contributed by atoms with Crippen molar-refractivity contribution in [2.75, 3.05) is 19.5 Å². The SMILES string of the molecule is COc1ccc(SCC2(COc3ccc(C(F)(F)F)cc3)CC2)cc1C. The van der Waals surface area contributed by atoms with Gasteiger partial charge in [-0.15, -0.1) is 11.8 Å². The predicted molar refractivity (Wildman–Crippen MR) is 97.1 cm³/mol. The molecule has 0 spiro atoms. The fourth-order valence-corrected chi connectivity index (χ4v) is 3.93. The van der Waals surface area contributed by atoms with Crippen molar-refractivity contribution < 1.29 is 22.6 Å². The zero-order valence-electron chi connectivity index (χ0n) is 14.7. The summed E-state index contributed by atoms with van der Waals surface area (Å²) in [7, 11) is 1.66. The third kappa shape index (κ3) is 4.67. The van der Waals surface area contributed by atoms with Crippen LogP contribution in [0.3, 0.4) is 0 Å². The number of hydrogen-bond donors (Lipinski definition) is 0. The van der Waals surface area contributed by atoms with Gasteiger partial charge in [0.25, 0.3) is 0 Å². The molecule has 0 bridgehead atoms. The van der Waals surface area contributed by atoms with Crippen molar-refractivity contribution >= 4 is 11.8 Å². The van der Waals surface area contributed by atoms with Crippen LogP contribution in [0.2, 0.25) is 0 Å². The topological polar surface area (TPSA) is 18.5 Å². The molecule has 2 aromatic carbocycles. The summed E-state index contributed by atoms with van der Waals surface area (Å²) in [6.07, 6.45) is -2.16. The van der Waals surface area contributed by atoms with Crippen molar-refractivity contribution in [2.24, 2.45) is 5.41 Å². The fourth-order valence-electron chi connectivity index (χ4n) is 2.66. The van der Waals surface area contributed by atoms with Crippen molar-refractivity contribution in [3.8, 4) is 11.5 Å². The lowest BCUT2D eigenvalue weighted by Gasteiger charge is -2.17. The Labute approximate surface area is 155 Å². The summed E-state index contributed by atoms with van der Waals surface area (Å²) in [5.74, 6) is 2.29. The Hall–Kier alpha value is -1.82. The number of ether oxygens (including phenoxy) is 2. The van der Waals surface area contributed by atoms with Gasteiger partial charge >= 0.3 is 6.18 Å². The quantitative estimate of drug-likeness (QED) is 0.549. The van der Waals surface area contributed by atoms with Gasteiger partial charge in [-0.25, -0.2) is 0 Å². The highest BCUT2D eigenvalue weighted by molar-refractivity contribution is 7.99. The Bertz CT molecular complexity index is 753. The smallest absolute Gasteiger partial charge is 0.416 e. The van der Waals surface area contributed by atoms with Crippen molar-refractivity contribution in [1.82, 2.24) is 0 Å². The lowest BCUT2D eigenvalue weighted by molar-refractivity contribution is -0.137. The Morgan fingerprint density at radius 3 is 2.31 bits per heavy atom. The molecule has 2 aromatic rings. The molecule has 1 fully saturated rings. The molecule has 1 aliphatic rings. The zero-order chi connectivity index (χ0) is 18.8. The third-order valence-electron chi connectivity index (χ3n) is 4.60. The molecule has 3 rings (SSSR count). The first-order valence-corrected chi connectivity index (χ1v) is 9.37. The molecular formula is C20H21F3O2S. The first-order chi connectivity index (χ1) is 12.3. The van der Waals surface area contributed by atoms with Gasteiger partial charge in [-0.2, -0.15) is 13.2 Å². The van der Waals surface area contributed by atoms with Gasteiger partial charge < -0.3 is 9.47 Å². The second kappa shape index (κ2) is 7.43. The number of methoxy groups -OCH3 is 1. The minimum Gasteiger partial charge on any atom is -0.496 e. The van der Waals surface area contributed by atoms with Crippen molar-refractivity contribution in [2.45, 2.75) is 30.8 Å². The number of hydrogen-bond acceptors (Lipinski definition) is 3. The van der Waals surface area contributed by atoms with E-state index in [2.05, 4.69) is 6.07 Å². The van der Waals surface area contributed by atoms with Crippen molar-refractivity contribution in [3.63, 3.8) is 0 Å². The Morgan fingerprint density at radius 2 is 1.77 bits per heavy atom. The molecule has 1 saturated carbocycles. The second-order valence-electron chi connectivity index (χ2n) is 6.73. The van der Waals surface area contributed by atoms with E-state index < -0.39 is 11.7 Å². The lowest BCUT2D eigenvalue weighted by atomic mass is 10.1. The molecule has 0 aliphatic heterocycles. The summed E-state index contributed by atoms with van der Waals surface area (Å²) in [5, 5.41) is 0. The van der Waals surface area contributed by atoms with E-state index in [1.165, 1.54) is 17.0 Å². The van der Waals surface area contributed by atoms with Gasteiger partial charge in [-0.05, 0) is 67.8 Å². The third-order valence-corrected chi connectivity index (χ3v) is 5.94. The van der Waals surface area contributed by atoms with E-state index in [4.69, 9.17) is 9.47 Å². The maximum atomic E-state index is 12.6. The van der Waals surface area contributed by atoms with Crippen molar-refractivity contribution in [3.05, 3.63) is 53.6 Å². The standard InChI is InChI=1S/C20H21F3O2S/c1-14-11-17(7-8-18(14)24-2)26-13-19(9-10-19)12-25-16-5-3-15(4-6-16)20(21,22)23/h3-8,11H,9-10,12-13H2,1-2H3. The molecule has 0 atom stereocenters. The molecule has 0 unspecified atom stereocenters. The molecule has 2 nitrogen and oxygen atoms in total. The molecule has 1 aliphatic carbocycles. The molecular weight excluding hydrogens is 361 g/mol. The number of benzene rings is 2. The molecule has 26 heavy (non-hydrogen) atoms. The van der Waals surface area contributed by atoms with Crippen LogP contribution >= 0.6 is 11.8 Å². The Balaban J connectivity index is 1.53. The number of alkyl halides is 3. The number of rotatable bonds is 7. The van der Waals surface area contributed by atoms with Gasteiger partial charge in [0.2, 0.25) is 0 Å². The lowest BCUT2D eigenvalue weighted by Crippen LogP contribution is -2.16. The average molecular weight is 382 g/mol. The highest BCUT2D eigenvalue weighted by Crippen LogP contribution is 2.49. The minimum absolute atomic E-state index is 0.112. The summed E-state index contributed by atoms with van der Waals surface area (Å²) < 4.78 is 48.8. The van der Waals surface area contributed by atoms with E-state index in [1.807, 2.05) is 19.1 Å². The summed E-state index contributed by atoms with van der Waals surface area (Å²) >= 11 is 1.78. The van der Waals surface area contributed by atoms with E-state index in [1.54, 1.807) is 18.9 Å². The zero-order valence-corrected chi connectivity index (χ0v) is 15.5. The maximum Gasteiger partial charge on any atom is 0.416 e. The number of thioether (sulfide) groups is 1. The molecule has 0 heterocycles. The first kappa shape index (κ1) is 19.0. The van der Waals surface area contributed by atoms with Gasteiger partial charge in [0.1, 0.15) is 11.5 Å². The monoisotopic (exact) mass is 382 g/mol. The van der Waals surface area contributed by atoms with Crippen LogP contribution in [0, 0.1) is 12.3 Å². The maximum absolute atomic E-state index is 12.6. The van der Waals surface area contributed by atoms with Crippen LogP contribution in [0.4, 0.5) is 13.2 Å². The fraction of sp³-hybridized carbons (Fsp3) is 0.400. The van der Waals surface area contributed by atoms with Gasteiger partial charge in [-0.1, -0.05) is 0 Å². The largest absolute Gasteiger partial charge is 0.496 e. The van der Waals surface area contributed by atoms with Crippen LogP contribution in [0.5, 0.6) is 11.5 Å².